The average molecular weight is 430 g/mol. The monoisotopic (exact) mass is 429 g/mol. The van der Waals surface area contributed by atoms with Crippen molar-refractivity contribution < 1.29 is 14.2 Å². The number of fused-ring (bicyclic) bond motifs is 3. The molecule has 32 heavy (non-hydrogen) atoms. The minimum atomic E-state index is 0.0824. The summed E-state index contributed by atoms with van der Waals surface area (Å²) in [5.74, 6) is 2.37. The second-order valence-electron chi connectivity index (χ2n) is 8.03. The highest BCUT2D eigenvalue weighted by Gasteiger charge is 2.32. The van der Waals surface area contributed by atoms with Gasteiger partial charge in [0.15, 0.2) is 11.5 Å². The highest BCUT2D eigenvalue weighted by atomic mass is 16.5. The van der Waals surface area contributed by atoms with Gasteiger partial charge in [0.25, 0.3) is 0 Å². The molecule has 5 rings (SSSR count). The summed E-state index contributed by atoms with van der Waals surface area (Å²) in [6.45, 7) is 1.73. The Hall–Kier alpha value is -3.51. The maximum Gasteiger partial charge on any atom is 0.161 e. The molecule has 0 saturated heterocycles. The Bertz CT molecular complexity index is 1240. The molecule has 1 aliphatic heterocycles. The number of ether oxygens (including phenoxy) is 3. The van der Waals surface area contributed by atoms with Crippen LogP contribution >= 0.6 is 0 Å². The van der Waals surface area contributed by atoms with Crippen LogP contribution in [0.5, 0.6) is 17.2 Å². The zero-order valence-corrected chi connectivity index (χ0v) is 18.6. The number of hydrogen-bond acceptors (Lipinski definition) is 5. The van der Waals surface area contributed by atoms with E-state index in [1.165, 1.54) is 27.8 Å². The second-order valence-corrected chi connectivity index (χ2v) is 8.03. The third-order valence-electron chi connectivity index (χ3n) is 6.27. The lowest BCUT2D eigenvalue weighted by Crippen LogP contribution is -2.35. The molecule has 2 aromatic carbocycles. The van der Waals surface area contributed by atoms with Gasteiger partial charge in [0, 0.05) is 42.1 Å². The van der Waals surface area contributed by atoms with E-state index in [9.17, 15) is 0 Å². The predicted molar refractivity (Wildman–Crippen MR) is 125 cm³/mol. The average Bonchev–Trinajstić information content (AvgIpc) is 3.22. The molecule has 0 bridgehead atoms. The molecule has 0 amide bonds. The summed E-state index contributed by atoms with van der Waals surface area (Å²) in [4.78, 5) is 10.6. The molecule has 0 saturated carbocycles. The molecule has 1 atom stereocenters. The van der Waals surface area contributed by atoms with Gasteiger partial charge in [0.2, 0.25) is 0 Å². The summed E-state index contributed by atoms with van der Waals surface area (Å²) in [7, 11) is 5.04. The van der Waals surface area contributed by atoms with Crippen LogP contribution in [0, 0.1) is 0 Å². The molecule has 0 radical (unpaired) electrons. The van der Waals surface area contributed by atoms with E-state index in [1.54, 1.807) is 21.3 Å². The van der Waals surface area contributed by atoms with Crippen molar-refractivity contribution in [2.45, 2.75) is 19.0 Å². The van der Waals surface area contributed by atoms with Gasteiger partial charge < -0.3 is 19.2 Å². The number of benzene rings is 2. The zero-order chi connectivity index (χ0) is 22.1. The quantitative estimate of drug-likeness (QED) is 0.480. The first kappa shape index (κ1) is 20.4. The highest BCUT2D eigenvalue weighted by Crippen LogP contribution is 2.40. The number of rotatable bonds is 6. The Morgan fingerprint density at radius 3 is 2.62 bits per heavy atom. The third kappa shape index (κ3) is 3.56. The van der Waals surface area contributed by atoms with Crippen molar-refractivity contribution >= 4 is 10.9 Å². The Kier molecular flexibility index (Phi) is 5.45. The number of pyridine rings is 1. The fourth-order valence-corrected chi connectivity index (χ4v) is 4.74. The van der Waals surface area contributed by atoms with Crippen LogP contribution in [0.2, 0.25) is 0 Å². The van der Waals surface area contributed by atoms with Crippen LogP contribution in [-0.2, 0) is 13.0 Å². The van der Waals surface area contributed by atoms with Crippen molar-refractivity contribution in [2.24, 2.45) is 0 Å². The Labute approximate surface area is 187 Å². The lowest BCUT2D eigenvalue weighted by Gasteiger charge is -2.36. The third-order valence-corrected chi connectivity index (χ3v) is 6.27. The first-order valence-corrected chi connectivity index (χ1v) is 10.7. The Morgan fingerprint density at radius 2 is 1.88 bits per heavy atom. The molecule has 1 aliphatic rings. The number of aromatic nitrogens is 2. The molecule has 1 unspecified atom stereocenters. The maximum atomic E-state index is 5.52. The number of nitrogens with zero attached hydrogens (tertiary/aromatic N) is 2. The molecule has 6 nitrogen and oxygen atoms in total. The normalized spacial score (nSPS) is 16.0. The van der Waals surface area contributed by atoms with Gasteiger partial charge in [-0.05, 0) is 59.5 Å². The van der Waals surface area contributed by atoms with E-state index in [1.807, 2.05) is 30.6 Å². The van der Waals surface area contributed by atoms with Gasteiger partial charge >= 0.3 is 0 Å². The summed E-state index contributed by atoms with van der Waals surface area (Å²) in [5.41, 5.74) is 6.08. The van der Waals surface area contributed by atoms with E-state index in [0.29, 0.717) is 0 Å². The van der Waals surface area contributed by atoms with E-state index in [0.717, 1.165) is 42.3 Å². The SMILES string of the molecule is COc1ccc2[nH]c3c(c2c1)CCN(Cc1ccc(OC)c(OC)c1)C3c1cccnc1. The van der Waals surface area contributed by atoms with Crippen molar-refractivity contribution in [3.05, 3.63) is 83.3 Å². The Balaban J connectivity index is 1.57. The maximum absolute atomic E-state index is 5.52. The van der Waals surface area contributed by atoms with Gasteiger partial charge in [-0.3, -0.25) is 9.88 Å². The zero-order valence-electron chi connectivity index (χ0n) is 18.6. The van der Waals surface area contributed by atoms with E-state index < -0.39 is 0 Å². The molecular formula is C26H27N3O3. The van der Waals surface area contributed by atoms with Gasteiger partial charge in [-0.2, -0.15) is 0 Å². The number of hydrogen-bond donors (Lipinski definition) is 1. The van der Waals surface area contributed by atoms with Crippen molar-refractivity contribution in [3.8, 4) is 17.2 Å². The van der Waals surface area contributed by atoms with E-state index in [4.69, 9.17) is 14.2 Å². The molecule has 0 spiro atoms. The first-order chi connectivity index (χ1) is 15.7. The van der Waals surface area contributed by atoms with Crippen molar-refractivity contribution in [3.63, 3.8) is 0 Å². The van der Waals surface area contributed by atoms with E-state index in [-0.39, 0.29) is 6.04 Å². The fraction of sp³-hybridized carbons (Fsp3) is 0.269. The van der Waals surface area contributed by atoms with Gasteiger partial charge in [-0.15, -0.1) is 0 Å². The molecule has 4 aromatic rings. The molecular weight excluding hydrogens is 402 g/mol. The largest absolute Gasteiger partial charge is 0.497 e. The lowest BCUT2D eigenvalue weighted by molar-refractivity contribution is 0.201. The summed E-state index contributed by atoms with van der Waals surface area (Å²) >= 11 is 0. The summed E-state index contributed by atoms with van der Waals surface area (Å²) in [6, 6.07) is 16.6. The highest BCUT2D eigenvalue weighted by molar-refractivity contribution is 5.86. The van der Waals surface area contributed by atoms with Gasteiger partial charge in [0.05, 0.1) is 27.4 Å². The van der Waals surface area contributed by atoms with Gasteiger partial charge in [0.1, 0.15) is 5.75 Å². The standard InChI is InChI=1S/C26H27N3O3/c1-30-19-7-8-22-21(14-19)20-10-12-29(16-17-6-9-23(31-2)24(13-17)32-3)26(25(20)28-22)18-5-4-11-27-15-18/h4-9,11,13-15,26,28H,10,12,16H2,1-3H3. The summed E-state index contributed by atoms with van der Waals surface area (Å²) < 4.78 is 16.4. The van der Waals surface area contributed by atoms with Crippen LogP contribution in [0.4, 0.5) is 0 Å². The van der Waals surface area contributed by atoms with Crippen LogP contribution < -0.4 is 14.2 Å². The van der Waals surface area contributed by atoms with Crippen LogP contribution in [0.15, 0.2) is 60.9 Å². The predicted octanol–water partition coefficient (Wildman–Crippen LogP) is 4.74. The molecule has 2 aromatic heterocycles. The topological polar surface area (TPSA) is 59.6 Å². The van der Waals surface area contributed by atoms with Crippen LogP contribution in [0.1, 0.15) is 28.4 Å². The molecule has 0 fully saturated rings. The molecule has 0 aliphatic carbocycles. The summed E-state index contributed by atoms with van der Waals surface area (Å²) in [5, 5.41) is 1.24. The smallest absolute Gasteiger partial charge is 0.161 e. The number of aromatic amines is 1. The number of methoxy groups -OCH3 is 3. The Morgan fingerprint density at radius 1 is 1.00 bits per heavy atom. The fourth-order valence-electron chi connectivity index (χ4n) is 4.74. The number of H-pyrrole nitrogens is 1. The van der Waals surface area contributed by atoms with Crippen LogP contribution in [0.25, 0.3) is 10.9 Å². The van der Waals surface area contributed by atoms with Crippen molar-refractivity contribution in [2.75, 3.05) is 27.9 Å². The summed E-state index contributed by atoms with van der Waals surface area (Å²) in [6.07, 6.45) is 4.75. The lowest BCUT2D eigenvalue weighted by atomic mass is 9.92. The molecule has 164 valence electrons. The van der Waals surface area contributed by atoms with Crippen molar-refractivity contribution in [1.82, 2.24) is 14.9 Å². The first-order valence-electron chi connectivity index (χ1n) is 10.7. The van der Waals surface area contributed by atoms with Crippen LogP contribution in [0.3, 0.4) is 0 Å². The molecule has 6 heteroatoms. The van der Waals surface area contributed by atoms with Crippen molar-refractivity contribution in [1.29, 1.82) is 0 Å². The van der Waals surface area contributed by atoms with Gasteiger partial charge in [-0.1, -0.05) is 12.1 Å². The molecule has 1 N–H and O–H groups in total. The minimum Gasteiger partial charge on any atom is -0.497 e. The van der Waals surface area contributed by atoms with Crippen LogP contribution in [-0.4, -0.2) is 42.7 Å². The second kappa shape index (κ2) is 8.55. The molecule has 3 heterocycles. The number of nitrogens with one attached hydrogen (secondary N) is 1. The minimum absolute atomic E-state index is 0.0824. The van der Waals surface area contributed by atoms with E-state index >= 15 is 0 Å². The van der Waals surface area contributed by atoms with E-state index in [2.05, 4.69) is 45.2 Å². The van der Waals surface area contributed by atoms with Gasteiger partial charge in [-0.25, -0.2) is 0 Å².